The lowest BCUT2D eigenvalue weighted by atomic mass is 10.1. The Morgan fingerprint density at radius 1 is 0.938 bits per heavy atom. The first kappa shape index (κ1) is 22.4. The third-order valence-corrected chi connectivity index (χ3v) is 6.25. The van der Waals surface area contributed by atoms with Gasteiger partial charge < -0.3 is 11.1 Å². The number of para-hydroxylation sites is 3. The van der Waals surface area contributed by atoms with E-state index in [1.54, 1.807) is 30.3 Å². The van der Waals surface area contributed by atoms with Gasteiger partial charge in [-0.1, -0.05) is 42.5 Å². The van der Waals surface area contributed by atoms with Gasteiger partial charge in [0, 0.05) is 6.07 Å². The van der Waals surface area contributed by atoms with Gasteiger partial charge in [-0.05, 0) is 30.3 Å². The van der Waals surface area contributed by atoms with E-state index in [1.165, 1.54) is 36.4 Å². The van der Waals surface area contributed by atoms with Crippen molar-refractivity contribution in [1.82, 2.24) is 0 Å². The summed E-state index contributed by atoms with van der Waals surface area (Å²) in [7, 11) is -4.50. The van der Waals surface area contributed by atoms with Crippen LogP contribution in [0.1, 0.15) is 10.4 Å². The largest absolute Gasteiger partial charge is 0.366 e. The smallest absolute Gasteiger partial charge is 0.289 e. The molecule has 32 heavy (non-hydrogen) atoms. The summed E-state index contributed by atoms with van der Waals surface area (Å²) in [5.41, 5.74) is 4.99. The number of nitrogens with two attached hydrogens (primary N) is 1. The molecule has 3 aromatic rings. The Hall–Kier alpha value is -4.25. The van der Waals surface area contributed by atoms with Gasteiger partial charge in [0.2, 0.25) is 5.91 Å². The van der Waals surface area contributed by atoms with Crippen molar-refractivity contribution in [1.29, 1.82) is 0 Å². The summed E-state index contributed by atoms with van der Waals surface area (Å²) in [6.07, 6.45) is 0. The Labute approximate surface area is 183 Å². The van der Waals surface area contributed by atoms with E-state index >= 15 is 0 Å². The monoisotopic (exact) mass is 454 g/mol. The molecular formula is C21H18N4O6S. The first-order chi connectivity index (χ1) is 15.2. The maximum Gasteiger partial charge on any atom is 0.289 e. The molecule has 0 atom stereocenters. The molecule has 0 radical (unpaired) electrons. The predicted molar refractivity (Wildman–Crippen MR) is 118 cm³/mol. The number of carbonyl (C=O) groups is 2. The number of nitrogens with zero attached hydrogens (tertiary/aromatic N) is 2. The van der Waals surface area contributed by atoms with Crippen LogP contribution >= 0.6 is 0 Å². The number of anilines is 2. The van der Waals surface area contributed by atoms with Gasteiger partial charge in [-0.3, -0.25) is 24.0 Å². The highest BCUT2D eigenvalue weighted by Gasteiger charge is 2.33. The molecule has 0 aliphatic heterocycles. The minimum Gasteiger partial charge on any atom is -0.366 e. The van der Waals surface area contributed by atoms with Crippen LogP contribution < -0.4 is 15.4 Å². The molecule has 0 saturated carbocycles. The van der Waals surface area contributed by atoms with Gasteiger partial charge in [-0.15, -0.1) is 0 Å². The normalized spacial score (nSPS) is 10.9. The van der Waals surface area contributed by atoms with Crippen molar-refractivity contribution in [3.63, 3.8) is 0 Å². The summed E-state index contributed by atoms with van der Waals surface area (Å²) >= 11 is 0. The van der Waals surface area contributed by atoms with Gasteiger partial charge in [-0.25, -0.2) is 8.42 Å². The van der Waals surface area contributed by atoms with Gasteiger partial charge in [0.15, 0.2) is 4.90 Å². The highest BCUT2D eigenvalue weighted by molar-refractivity contribution is 7.93. The Balaban J connectivity index is 2.01. The van der Waals surface area contributed by atoms with Crippen molar-refractivity contribution < 1.29 is 22.9 Å². The summed E-state index contributed by atoms with van der Waals surface area (Å²) in [6, 6.07) is 18.6. The van der Waals surface area contributed by atoms with Crippen LogP contribution in [-0.4, -0.2) is 31.7 Å². The van der Waals surface area contributed by atoms with Crippen LogP contribution in [0.4, 0.5) is 17.1 Å². The van der Waals surface area contributed by atoms with E-state index in [4.69, 9.17) is 5.73 Å². The zero-order valence-corrected chi connectivity index (χ0v) is 17.4. The minimum atomic E-state index is -4.50. The van der Waals surface area contributed by atoms with Crippen molar-refractivity contribution in [3.05, 3.63) is 94.5 Å². The number of nitro groups is 1. The van der Waals surface area contributed by atoms with Crippen LogP contribution in [-0.2, 0) is 14.8 Å². The Morgan fingerprint density at radius 3 is 2.19 bits per heavy atom. The molecule has 0 spiro atoms. The number of rotatable bonds is 8. The van der Waals surface area contributed by atoms with Crippen molar-refractivity contribution in [2.24, 2.45) is 5.73 Å². The first-order valence-corrected chi connectivity index (χ1v) is 10.7. The lowest BCUT2D eigenvalue weighted by molar-refractivity contribution is -0.387. The number of nitrogens with one attached hydrogen (secondary N) is 1. The van der Waals surface area contributed by atoms with E-state index in [0.29, 0.717) is 0 Å². The number of primary amides is 1. The average Bonchev–Trinajstić information content (AvgIpc) is 2.78. The van der Waals surface area contributed by atoms with Gasteiger partial charge in [0.1, 0.15) is 6.54 Å². The third-order valence-electron chi connectivity index (χ3n) is 4.43. The van der Waals surface area contributed by atoms with E-state index in [0.717, 1.165) is 16.4 Å². The molecule has 0 heterocycles. The maximum absolute atomic E-state index is 13.4. The number of benzene rings is 3. The summed E-state index contributed by atoms with van der Waals surface area (Å²) in [4.78, 5) is 34.4. The number of sulfonamides is 1. The number of nitro benzene ring substituents is 1. The van der Waals surface area contributed by atoms with E-state index in [-0.39, 0.29) is 16.9 Å². The molecule has 0 saturated heterocycles. The fraction of sp³-hybridized carbons (Fsp3) is 0.0476. The highest BCUT2D eigenvalue weighted by Crippen LogP contribution is 2.29. The van der Waals surface area contributed by atoms with Crippen LogP contribution in [0.2, 0.25) is 0 Å². The quantitative estimate of drug-likeness (QED) is 0.394. The topological polar surface area (TPSA) is 153 Å². The lowest BCUT2D eigenvalue weighted by Gasteiger charge is -2.24. The van der Waals surface area contributed by atoms with Crippen LogP contribution in [0, 0.1) is 10.1 Å². The van der Waals surface area contributed by atoms with Crippen LogP contribution in [0.5, 0.6) is 0 Å². The summed E-state index contributed by atoms with van der Waals surface area (Å²) in [5, 5.41) is 13.9. The zero-order chi connectivity index (χ0) is 23.3. The summed E-state index contributed by atoms with van der Waals surface area (Å²) in [5.74, 6) is -1.54. The summed E-state index contributed by atoms with van der Waals surface area (Å²) < 4.78 is 27.5. The van der Waals surface area contributed by atoms with Gasteiger partial charge in [0.05, 0.1) is 21.9 Å². The molecule has 3 rings (SSSR count). The molecule has 0 unspecified atom stereocenters. The summed E-state index contributed by atoms with van der Waals surface area (Å²) in [6.45, 7) is -0.703. The minimum absolute atomic E-state index is 0.0497. The molecule has 10 nitrogen and oxygen atoms in total. The third kappa shape index (κ3) is 4.73. The predicted octanol–water partition coefficient (Wildman–Crippen LogP) is 2.53. The molecule has 0 bridgehead atoms. The van der Waals surface area contributed by atoms with Crippen LogP contribution in [0.25, 0.3) is 0 Å². The Morgan fingerprint density at radius 2 is 1.53 bits per heavy atom. The van der Waals surface area contributed by atoms with Crippen molar-refractivity contribution in [2.75, 3.05) is 16.2 Å². The van der Waals surface area contributed by atoms with E-state index in [2.05, 4.69) is 5.32 Å². The lowest BCUT2D eigenvalue weighted by Crippen LogP contribution is -2.38. The Kier molecular flexibility index (Phi) is 6.50. The van der Waals surface area contributed by atoms with E-state index in [9.17, 15) is 28.1 Å². The number of carbonyl (C=O) groups excluding carboxylic acids is 2. The molecule has 11 heteroatoms. The zero-order valence-electron chi connectivity index (χ0n) is 16.5. The number of amides is 2. The second kappa shape index (κ2) is 9.27. The fourth-order valence-corrected chi connectivity index (χ4v) is 4.56. The average molecular weight is 454 g/mol. The fourth-order valence-electron chi connectivity index (χ4n) is 2.98. The molecular weight excluding hydrogens is 436 g/mol. The molecule has 3 aromatic carbocycles. The molecule has 2 amide bonds. The Bertz CT molecular complexity index is 1280. The second-order valence-corrected chi connectivity index (χ2v) is 8.36. The van der Waals surface area contributed by atoms with Crippen LogP contribution in [0.3, 0.4) is 0 Å². The van der Waals surface area contributed by atoms with Gasteiger partial charge >= 0.3 is 0 Å². The molecule has 3 N–H and O–H groups in total. The SMILES string of the molecule is NC(=O)c1ccccc1NC(=O)CN(c1ccccc1)S(=O)(=O)c1ccccc1[N+](=O)[O-]. The van der Waals surface area contributed by atoms with Gasteiger partial charge in [0.25, 0.3) is 21.6 Å². The van der Waals surface area contributed by atoms with E-state index < -0.39 is 43.9 Å². The van der Waals surface area contributed by atoms with Crippen molar-refractivity contribution >= 4 is 38.9 Å². The molecule has 0 fully saturated rings. The maximum atomic E-state index is 13.4. The molecule has 0 aliphatic carbocycles. The molecule has 0 aliphatic rings. The highest BCUT2D eigenvalue weighted by atomic mass is 32.2. The molecule has 0 aromatic heterocycles. The second-order valence-electron chi connectivity index (χ2n) is 6.53. The first-order valence-electron chi connectivity index (χ1n) is 9.21. The van der Waals surface area contributed by atoms with Crippen molar-refractivity contribution in [2.45, 2.75) is 4.90 Å². The molecule has 164 valence electrons. The standard InChI is InChI=1S/C21H18N4O6S/c22-21(27)16-10-4-5-11-17(16)23-20(26)14-24(15-8-2-1-3-9-15)32(30,31)19-13-7-6-12-18(19)25(28)29/h1-13H,14H2,(H2,22,27)(H,23,26). The number of hydrogen-bond donors (Lipinski definition) is 2. The number of hydrogen-bond acceptors (Lipinski definition) is 6. The van der Waals surface area contributed by atoms with Gasteiger partial charge in [-0.2, -0.15) is 0 Å². The van der Waals surface area contributed by atoms with Crippen molar-refractivity contribution in [3.8, 4) is 0 Å². The van der Waals surface area contributed by atoms with Crippen LogP contribution in [0.15, 0.2) is 83.8 Å². The van der Waals surface area contributed by atoms with E-state index in [1.807, 2.05) is 0 Å².